The molecule has 12 nitrogen and oxygen atoms in total. The Morgan fingerprint density at radius 2 is 1.43 bits per heavy atom. The van der Waals surface area contributed by atoms with E-state index < -0.39 is 86.3 Å². The summed E-state index contributed by atoms with van der Waals surface area (Å²) in [6.45, 7) is 5.90. The zero-order chi connectivity index (χ0) is 25.4. The average molecular weight is 508 g/mol. The Kier molecular flexibility index (Phi) is 9.05. The molecule has 7 N–H and O–H groups in total. The molecule has 4 heterocycles. The van der Waals surface area contributed by atoms with Crippen molar-refractivity contribution in [3.8, 4) is 0 Å². The van der Waals surface area contributed by atoms with Gasteiger partial charge in [0.15, 0.2) is 12.6 Å². The highest BCUT2D eigenvalue weighted by atomic mass is 16.7. The smallest absolute Gasteiger partial charge is 0.161 e. The number of hydrogen-bond acceptors (Lipinski definition) is 12. The monoisotopic (exact) mass is 507 g/mol. The van der Waals surface area contributed by atoms with Crippen molar-refractivity contribution in [1.29, 1.82) is 0 Å². The van der Waals surface area contributed by atoms with Gasteiger partial charge in [-0.05, 0) is 19.3 Å². The normalized spacial score (nSPS) is 50.9. The van der Waals surface area contributed by atoms with Gasteiger partial charge in [0.25, 0.3) is 0 Å². The second kappa shape index (κ2) is 11.5. The van der Waals surface area contributed by atoms with E-state index in [4.69, 9.17) is 23.7 Å². The summed E-state index contributed by atoms with van der Waals surface area (Å²) in [5.41, 5.74) is 0. The lowest BCUT2D eigenvalue weighted by molar-refractivity contribution is -0.346. The zero-order valence-electron chi connectivity index (χ0n) is 20.4. The van der Waals surface area contributed by atoms with Crippen LogP contribution < -0.4 is 5.32 Å². The van der Waals surface area contributed by atoms with Gasteiger partial charge in [-0.2, -0.15) is 0 Å². The molecular weight excluding hydrogens is 466 g/mol. The first-order valence-corrected chi connectivity index (χ1v) is 12.6. The summed E-state index contributed by atoms with van der Waals surface area (Å²) in [5.74, 6) is -0.0327. The molecule has 7 unspecified atom stereocenters. The molecule has 0 aromatic rings. The molecule has 4 fully saturated rings. The highest BCUT2D eigenvalue weighted by molar-refractivity contribution is 5.00. The first-order chi connectivity index (χ1) is 16.6. The molecule has 0 amide bonds. The molecule has 204 valence electrons. The minimum absolute atomic E-state index is 0.0302. The van der Waals surface area contributed by atoms with Crippen molar-refractivity contribution in [3.05, 3.63) is 0 Å². The average Bonchev–Trinajstić information content (AvgIpc) is 3.62. The first kappa shape index (κ1) is 27.6. The standard InChI is InChI=1S/C23H41NO11/c1-9(2)21-23(35-16-5-12(26)18(28)10(3)31-16)22(20(30)14(33-21)4-11-7-24-11)34-17-6-13(27)19(29)15(8-25)32-17/h9-30H,4-8H2,1-3H3/t10?,11?,12?,13-,14-,15?,16?,17?,18-,19+,20-,21?,22+,23+/m1/s1. The number of nitrogens with one attached hydrogen (secondary N) is 1. The van der Waals surface area contributed by atoms with Gasteiger partial charge in [-0.25, -0.2) is 0 Å². The number of aliphatic hydroxyl groups is 6. The van der Waals surface area contributed by atoms with Gasteiger partial charge >= 0.3 is 0 Å². The van der Waals surface area contributed by atoms with Gasteiger partial charge in [0.1, 0.15) is 36.6 Å². The van der Waals surface area contributed by atoms with Crippen molar-refractivity contribution in [2.45, 2.75) is 126 Å². The van der Waals surface area contributed by atoms with E-state index in [1.807, 2.05) is 13.8 Å². The maximum Gasteiger partial charge on any atom is 0.161 e. The first-order valence-electron chi connectivity index (χ1n) is 12.6. The lowest BCUT2D eigenvalue weighted by Crippen LogP contribution is -2.64. The van der Waals surface area contributed by atoms with Crippen LogP contribution in [0.5, 0.6) is 0 Å². The summed E-state index contributed by atoms with van der Waals surface area (Å²) < 4.78 is 30.2. The predicted octanol–water partition coefficient (Wildman–Crippen LogP) is -2.41. The minimum Gasteiger partial charge on any atom is -0.394 e. The lowest BCUT2D eigenvalue weighted by Gasteiger charge is -2.49. The molecule has 0 aromatic heterocycles. The fourth-order valence-corrected chi connectivity index (χ4v) is 5.14. The van der Waals surface area contributed by atoms with Gasteiger partial charge in [-0.3, -0.25) is 0 Å². The van der Waals surface area contributed by atoms with Crippen molar-refractivity contribution in [2.24, 2.45) is 5.92 Å². The second-order valence-corrected chi connectivity index (χ2v) is 10.6. The third-order valence-electron chi connectivity index (χ3n) is 7.37. The SMILES string of the molecule is CC(C)C1O[C@H](CC2CN2)[C@@H](O)[C@H](OC2C[C@@H](O)[C@H](O)C(CO)O2)[C@H]1OC1CC(O)[C@H](O)C(C)O1. The van der Waals surface area contributed by atoms with Crippen LogP contribution in [0.4, 0.5) is 0 Å². The zero-order valence-corrected chi connectivity index (χ0v) is 20.4. The van der Waals surface area contributed by atoms with Crippen LogP contribution in [0.1, 0.15) is 40.0 Å². The topological polar surface area (TPSA) is 189 Å². The third kappa shape index (κ3) is 6.33. The summed E-state index contributed by atoms with van der Waals surface area (Å²) in [4.78, 5) is 0. The van der Waals surface area contributed by atoms with Crippen LogP contribution >= 0.6 is 0 Å². The quantitative estimate of drug-likeness (QED) is 0.173. The van der Waals surface area contributed by atoms with Crippen LogP contribution in [0.15, 0.2) is 0 Å². The third-order valence-corrected chi connectivity index (χ3v) is 7.37. The predicted molar refractivity (Wildman–Crippen MR) is 119 cm³/mol. The molecule has 0 radical (unpaired) electrons. The molecule has 0 bridgehead atoms. The number of hydrogen-bond donors (Lipinski definition) is 7. The number of aliphatic hydroxyl groups excluding tert-OH is 6. The molecule has 0 aliphatic carbocycles. The van der Waals surface area contributed by atoms with Crippen molar-refractivity contribution in [2.75, 3.05) is 13.2 Å². The highest BCUT2D eigenvalue weighted by Crippen LogP contribution is 2.36. The Bertz CT molecular complexity index is 670. The van der Waals surface area contributed by atoms with E-state index in [2.05, 4.69) is 5.32 Å². The second-order valence-electron chi connectivity index (χ2n) is 10.6. The molecule has 4 saturated heterocycles. The van der Waals surface area contributed by atoms with Crippen LogP contribution in [0.25, 0.3) is 0 Å². The number of ether oxygens (including phenoxy) is 5. The highest BCUT2D eigenvalue weighted by Gasteiger charge is 2.52. The van der Waals surface area contributed by atoms with E-state index in [0.717, 1.165) is 6.54 Å². The summed E-state index contributed by atoms with van der Waals surface area (Å²) >= 11 is 0. The Morgan fingerprint density at radius 1 is 0.829 bits per heavy atom. The Morgan fingerprint density at radius 3 is 2.00 bits per heavy atom. The van der Waals surface area contributed by atoms with Crippen LogP contribution in [0, 0.1) is 5.92 Å². The summed E-state index contributed by atoms with van der Waals surface area (Å²) in [6, 6.07) is 0.237. The van der Waals surface area contributed by atoms with E-state index in [1.165, 1.54) is 0 Å². The van der Waals surface area contributed by atoms with Crippen molar-refractivity contribution >= 4 is 0 Å². The molecule has 14 atom stereocenters. The maximum atomic E-state index is 11.3. The molecule has 0 saturated carbocycles. The van der Waals surface area contributed by atoms with E-state index in [0.29, 0.717) is 6.42 Å². The van der Waals surface area contributed by atoms with E-state index in [-0.39, 0.29) is 24.8 Å². The molecule has 4 aliphatic rings. The van der Waals surface area contributed by atoms with Crippen molar-refractivity contribution in [1.82, 2.24) is 5.32 Å². The van der Waals surface area contributed by atoms with E-state index in [1.54, 1.807) is 6.92 Å². The van der Waals surface area contributed by atoms with Gasteiger partial charge in [-0.1, -0.05) is 13.8 Å². The fraction of sp³-hybridized carbons (Fsp3) is 1.00. The Hall–Kier alpha value is -0.480. The van der Waals surface area contributed by atoms with Crippen LogP contribution in [0.2, 0.25) is 0 Å². The van der Waals surface area contributed by atoms with E-state index in [9.17, 15) is 30.6 Å². The Balaban J connectivity index is 1.55. The summed E-state index contributed by atoms with van der Waals surface area (Å²) in [7, 11) is 0. The molecule has 4 rings (SSSR count). The molecule has 0 aromatic carbocycles. The van der Waals surface area contributed by atoms with Crippen molar-refractivity contribution < 1.29 is 54.3 Å². The largest absolute Gasteiger partial charge is 0.394 e. The minimum atomic E-state index is -1.26. The lowest BCUT2D eigenvalue weighted by atomic mass is 9.87. The van der Waals surface area contributed by atoms with Gasteiger partial charge in [0.05, 0.1) is 37.1 Å². The summed E-state index contributed by atoms with van der Waals surface area (Å²) in [6.07, 6.45) is -11.5. The van der Waals surface area contributed by atoms with Crippen LogP contribution in [-0.2, 0) is 23.7 Å². The number of rotatable bonds is 8. The molecule has 35 heavy (non-hydrogen) atoms. The molecule has 0 spiro atoms. The van der Waals surface area contributed by atoms with Gasteiger partial charge in [0, 0.05) is 25.4 Å². The molecular formula is C23H41NO11. The maximum absolute atomic E-state index is 11.3. The van der Waals surface area contributed by atoms with Gasteiger partial charge < -0.3 is 59.6 Å². The fourth-order valence-electron chi connectivity index (χ4n) is 5.14. The Labute approximate surface area is 205 Å². The van der Waals surface area contributed by atoms with Gasteiger partial charge in [0.2, 0.25) is 0 Å². The molecule has 12 heteroatoms. The van der Waals surface area contributed by atoms with Crippen LogP contribution in [0.3, 0.4) is 0 Å². The van der Waals surface area contributed by atoms with Crippen LogP contribution in [-0.4, -0.2) is 130 Å². The van der Waals surface area contributed by atoms with E-state index >= 15 is 0 Å². The summed E-state index contributed by atoms with van der Waals surface area (Å²) in [5, 5.41) is 64.7. The van der Waals surface area contributed by atoms with Gasteiger partial charge in [-0.15, -0.1) is 0 Å². The molecule has 4 aliphatic heterocycles. The van der Waals surface area contributed by atoms with Crippen molar-refractivity contribution in [3.63, 3.8) is 0 Å².